The molecule has 0 amide bonds. The number of aryl methyl sites for hydroxylation is 1. The lowest BCUT2D eigenvalue weighted by Crippen LogP contribution is -2.10. The number of fused-ring (bicyclic) bond motifs is 1. The largest absolute Gasteiger partial charge is 0.481 e. The van der Waals surface area contributed by atoms with E-state index < -0.39 is 5.97 Å². The molecule has 0 saturated carbocycles. The van der Waals surface area contributed by atoms with E-state index in [9.17, 15) is 4.79 Å². The maximum Gasteiger partial charge on any atom is 0.303 e. The van der Waals surface area contributed by atoms with Crippen LogP contribution in [0.5, 0.6) is 0 Å². The molecule has 2 aromatic rings. The summed E-state index contributed by atoms with van der Waals surface area (Å²) in [5.74, 6) is 0.179. The van der Waals surface area contributed by atoms with Crippen molar-refractivity contribution in [1.82, 2.24) is 9.55 Å². The van der Waals surface area contributed by atoms with Crippen LogP contribution in [0.3, 0.4) is 0 Å². The Bertz CT molecular complexity index is 592. The second-order valence-electron chi connectivity index (χ2n) is 4.63. The van der Waals surface area contributed by atoms with Gasteiger partial charge in [-0.05, 0) is 24.1 Å². The smallest absolute Gasteiger partial charge is 0.303 e. The summed E-state index contributed by atoms with van der Waals surface area (Å²) in [5, 5.41) is 9.42. The molecule has 0 spiro atoms. The number of aliphatic carboxylic acids is 1. The summed E-state index contributed by atoms with van der Waals surface area (Å²) >= 11 is 5.93. The van der Waals surface area contributed by atoms with E-state index in [1.807, 2.05) is 36.7 Å². The summed E-state index contributed by atoms with van der Waals surface area (Å²) in [6.07, 6.45) is 0.805. The highest BCUT2D eigenvalue weighted by atomic mass is 35.5. The third-order valence-corrected chi connectivity index (χ3v) is 3.22. The highest BCUT2D eigenvalue weighted by Crippen LogP contribution is 2.21. The van der Waals surface area contributed by atoms with Gasteiger partial charge in [0.2, 0.25) is 0 Å². The Morgan fingerprint density at radius 1 is 1.56 bits per heavy atom. The lowest BCUT2D eigenvalue weighted by Gasteiger charge is -2.08. The molecule has 0 aliphatic carbocycles. The van der Waals surface area contributed by atoms with E-state index in [2.05, 4.69) is 4.98 Å². The van der Waals surface area contributed by atoms with Gasteiger partial charge in [0, 0.05) is 24.9 Å². The molecule has 0 radical (unpaired) electrons. The average molecular weight is 267 g/mol. The molecule has 1 atom stereocenters. The van der Waals surface area contributed by atoms with E-state index in [1.165, 1.54) is 0 Å². The Labute approximate surface area is 110 Å². The van der Waals surface area contributed by atoms with Crippen molar-refractivity contribution in [2.45, 2.75) is 19.8 Å². The summed E-state index contributed by atoms with van der Waals surface area (Å²) in [7, 11) is 1.94. The van der Waals surface area contributed by atoms with E-state index in [-0.39, 0.29) is 12.3 Å². The minimum atomic E-state index is -0.774. The van der Waals surface area contributed by atoms with Gasteiger partial charge in [0.1, 0.15) is 5.82 Å². The van der Waals surface area contributed by atoms with Gasteiger partial charge >= 0.3 is 5.97 Å². The topological polar surface area (TPSA) is 55.1 Å². The molecule has 1 aromatic carbocycles. The van der Waals surface area contributed by atoms with Gasteiger partial charge in [-0.15, -0.1) is 0 Å². The summed E-state index contributed by atoms with van der Waals surface area (Å²) in [6, 6.07) is 5.58. The van der Waals surface area contributed by atoms with Crippen LogP contribution < -0.4 is 0 Å². The molecule has 96 valence electrons. The van der Waals surface area contributed by atoms with Crippen LogP contribution in [-0.2, 0) is 18.3 Å². The molecule has 18 heavy (non-hydrogen) atoms. The Balaban J connectivity index is 2.28. The molecule has 4 nitrogen and oxygen atoms in total. The highest BCUT2D eigenvalue weighted by Gasteiger charge is 2.14. The number of nitrogens with zero attached hydrogens (tertiary/aromatic N) is 2. The molecule has 1 aromatic heterocycles. The molecule has 1 unspecified atom stereocenters. The minimum absolute atomic E-state index is 0.0634. The number of benzene rings is 1. The normalized spacial score (nSPS) is 12.8. The van der Waals surface area contributed by atoms with Crippen molar-refractivity contribution in [3.63, 3.8) is 0 Å². The lowest BCUT2D eigenvalue weighted by atomic mass is 10.0. The summed E-state index contributed by atoms with van der Waals surface area (Å²) in [5.41, 5.74) is 1.86. The molecule has 2 rings (SSSR count). The second kappa shape index (κ2) is 4.98. The Hall–Kier alpha value is -1.55. The van der Waals surface area contributed by atoms with E-state index >= 15 is 0 Å². The van der Waals surface area contributed by atoms with Crippen molar-refractivity contribution in [3.05, 3.63) is 29.0 Å². The zero-order chi connectivity index (χ0) is 13.3. The number of hydrogen-bond donors (Lipinski definition) is 1. The number of carbonyl (C=O) groups is 1. The van der Waals surface area contributed by atoms with Crippen LogP contribution in [0.15, 0.2) is 18.2 Å². The molecule has 1 N–H and O–H groups in total. The van der Waals surface area contributed by atoms with Crippen molar-refractivity contribution < 1.29 is 9.90 Å². The maximum atomic E-state index is 10.7. The molecule has 0 aliphatic heterocycles. The first-order chi connectivity index (χ1) is 8.47. The van der Waals surface area contributed by atoms with Crippen LogP contribution in [0.25, 0.3) is 11.0 Å². The highest BCUT2D eigenvalue weighted by molar-refractivity contribution is 6.31. The Morgan fingerprint density at radius 2 is 2.28 bits per heavy atom. The number of hydrogen-bond acceptors (Lipinski definition) is 2. The van der Waals surface area contributed by atoms with Gasteiger partial charge in [-0.3, -0.25) is 4.79 Å². The van der Waals surface area contributed by atoms with E-state index in [1.54, 1.807) is 0 Å². The van der Waals surface area contributed by atoms with Crippen molar-refractivity contribution in [2.24, 2.45) is 13.0 Å². The predicted molar refractivity (Wildman–Crippen MR) is 70.8 cm³/mol. The fraction of sp³-hybridized carbons (Fsp3) is 0.385. The number of halogens is 1. The second-order valence-corrected chi connectivity index (χ2v) is 5.06. The number of carboxylic acids is 1. The third-order valence-electron chi connectivity index (χ3n) is 2.99. The third kappa shape index (κ3) is 2.64. The molecule has 0 bridgehead atoms. The number of imidazole rings is 1. The van der Waals surface area contributed by atoms with Gasteiger partial charge < -0.3 is 9.67 Å². The van der Waals surface area contributed by atoms with Gasteiger partial charge in [-0.1, -0.05) is 18.5 Å². The van der Waals surface area contributed by atoms with Crippen LogP contribution in [0, 0.1) is 5.92 Å². The molecule has 1 heterocycles. The molecular weight excluding hydrogens is 252 g/mol. The first-order valence-electron chi connectivity index (χ1n) is 5.80. The van der Waals surface area contributed by atoms with E-state index in [4.69, 9.17) is 16.7 Å². The Morgan fingerprint density at radius 3 is 2.94 bits per heavy atom. The van der Waals surface area contributed by atoms with Gasteiger partial charge in [0.05, 0.1) is 11.0 Å². The fourth-order valence-corrected chi connectivity index (χ4v) is 2.25. The number of carboxylic acid groups (broad SMARTS) is 1. The first kappa shape index (κ1) is 12.9. The minimum Gasteiger partial charge on any atom is -0.481 e. The van der Waals surface area contributed by atoms with Crippen molar-refractivity contribution in [3.8, 4) is 0 Å². The first-order valence-corrected chi connectivity index (χ1v) is 6.18. The molecule has 0 aliphatic rings. The van der Waals surface area contributed by atoms with Crippen LogP contribution in [-0.4, -0.2) is 20.6 Å². The lowest BCUT2D eigenvalue weighted by molar-refractivity contribution is -0.137. The van der Waals surface area contributed by atoms with E-state index in [0.717, 1.165) is 16.9 Å². The molecule has 0 saturated heterocycles. The quantitative estimate of drug-likeness (QED) is 0.926. The summed E-state index contributed by atoms with van der Waals surface area (Å²) < 4.78 is 1.99. The van der Waals surface area contributed by atoms with E-state index in [0.29, 0.717) is 11.4 Å². The monoisotopic (exact) mass is 266 g/mol. The van der Waals surface area contributed by atoms with Gasteiger partial charge in [0.25, 0.3) is 0 Å². The predicted octanol–water partition coefficient (Wildman–Crippen LogP) is 2.88. The summed E-state index contributed by atoms with van der Waals surface area (Å²) in [6.45, 7) is 1.92. The van der Waals surface area contributed by atoms with Crippen molar-refractivity contribution >= 4 is 28.6 Å². The van der Waals surface area contributed by atoms with Crippen LogP contribution in [0.2, 0.25) is 5.02 Å². The summed E-state index contributed by atoms with van der Waals surface area (Å²) in [4.78, 5) is 15.2. The van der Waals surface area contributed by atoms with Crippen molar-refractivity contribution in [1.29, 1.82) is 0 Å². The number of aromatic nitrogens is 2. The Kier molecular flexibility index (Phi) is 3.57. The molecule has 5 heteroatoms. The molecule has 0 fully saturated rings. The van der Waals surface area contributed by atoms with Gasteiger partial charge in [-0.25, -0.2) is 4.98 Å². The average Bonchev–Trinajstić information content (AvgIpc) is 2.54. The number of rotatable bonds is 4. The standard InChI is InChI=1S/C13H15ClN2O2/c1-8(6-13(17)18)5-12-15-10-7-9(14)3-4-11(10)16(12)2/h3-4,7-8H,5-6H2,1-2H3,(H,17,18). The van der Waals surface area contributed by atoms with Gasteiger partial charge in [0.15, 0.2) is 0 Å². The molecular formula is C13H15ClN2O2. The van der Waals surface area contributed by atoms with Crippen LogP contribution >= 0.6 is 11.6 Å². The van der Waals surface area contributed by atoms with Gasteiger partial charge in [-0.2, -0.15) is 0 Å². The zero-order valence-corrected chi connectivity index (χ0v) is 11.1. The van der Waals surface area contributed by atoms with Crippen LogP contribution in [0.4, 0.5) is 0 Å². The van der Waals surface area contributed by atoms with Crippen molar-refractivity contribution in [2.75, 3.05) is 0 Å². The maximum absolute atomic E-state index is 10.7. The fourth-order valence-electron chi connectivity index (χ4n) is 2.09. The zero-order valence-electron chi connectivity index (χ0n) is 10.4. The SMILES string of the molecule is CC(CC(=O)O)Cc1nc2cc(Cl)ccc2n1C. The van der Waals surface area contributed by atoms with Crippen LogP contribution in [0.1, 0.15) is 19.2 Å².